The second-order valence-electron chi connectivity index (χ2n) is 7.49. The van der Waals surface area contributed by atoms with Crippen LogP contribution >= 0.6 is 0 Å². The van der Waals surface area contributed by atoms with Gasteiger partial charge in [-0.1, -0.05) is 42.5 Å². The Balaban J connectivity index is 1.41. The summed E-state index contributed by atoms with van der Waals surface area (Å²) in [6, 6.07) is 19.8. The highest BCUT2D eigenvalue weighted by molar-refractivity contribution is 5.94. The molecule has 0 saturated carbocycles. The molecular formula is C24H23FN2O2. The van der Waals surface area contributed by atoms with E-state index in [1.54, 1.807) is 17.0 Å². The van der Waals surface area contributed by atoms with E-state index in [2.05, 4.69) is 5.32 Å². The van der Waals surface area contributed by atoms with Crippen molar-refractivity contribution in [1.29, 1.82) is 0 Å². The predicted molar refractivity (Wildman–Crippen MR) is 112 cm³/mol. The average molecular weight is 390 g/mol. The number of piperidine rings is 1. The smallest absolute Gasteiger partial charge is 0.229 e. The van der Waals surface area contributed by atoms with Gasteiger partial charge in [-0.2, -0.15) is 0 Å². The van der Waals surface area contributed by atoms with Gasteiger partial charge < -0.3 is 10.2 Å². The Morgan fingerprint density at radius 1 is 1.00 bits per heavy atom. The quantitative estimate of drug-likeness (QED) is 0.718. The zero-order valence-corrected chi connectivity index (χ0v) is 16.1. The highest BCUT2D eigenvalue weighted by atomic mass is 19.1. The Morgan fingerprint density at radius 3 is 2.59 bits per heavy atom. The number of benzene rings is 3. The molecule has 5 heteroatoms. The number of carbonyl (C=O) groups is 2. The van der Waals surface area contributed by atoms with Crippen LogP contribution in [0.15, 0.2) is 66.7 Å². The second kappa shape index (κ2) is 8.43. The molecule has 0 aromatic heterocycles. The summed E-state index contributed by atoms with van der Waals surface area (Å²) in [5.41, 5.74) is 1.57. The van der Waals surface area contributed by atoms with Gasteiger partial charge in [0, 0.05) is 18.8 Å². The number of carbonyl (C=O) groups excluding carboxylic acids is 2. The number of hydrogen-bond donors (Lipinski definition) is 1. The fourth-order valence-corrected chi connectivity index (χ4v) is 3.92. The number of anilines is 1. The van der Waals surface area contributed by atoms with Crippen molar-refractivity contribution in [1.82, 2.24) is 4.90 Å². The average Bonchev–Trinajstić information content (AvgIpc) is 2.75. The van der Waals surface area contributed by atoms with Crippen LogP contribution in [0.25, 0.3) is 10.8 Å². The summed E-state index contributed by atoms with van der Waals surface area (Å²) < 4.78 is 13.0. The molecule has 1 atom stereocenters. The summed E-state index contributed by atoms with van der Waals surface area (Å²) in [7, 11) is 0. The van der Waals surface area contributed by atoms with E-state index in [9.17, 15) is 14.0 Å². The van der Waals surface area contributed by atoms with Crippen molar-refractivity contribution in [2.24, 2.45) is 5.92 Å². The largest absolute Gasteiger partial charge is 0.342 e. The molecule has 1 fully saturated rings. The Morgan fingerprint density at radius 2 is 1.76 bits per heavy atom. The summed E-state index contributed by atoms with van der Waals surface area (Å²) in [6.07, 6.45) is 1.86. The summed E-state index contributed by atoms with van der Waals surface area (Å²) >= 11 is 0. The normalized spacial score (nSPS) is 16.6. The first-order valence-electron chi connectivity index (χ1n) is 9.91. The van der Waals surface area contributed by atoms with E-state index < -0.39 is 0 Å². The lowest BCUT2D eigenvalue weighted by Crippen LogP contribution is -2.44. The van der Waals surface area contributed by atoms with Crippen molar-refractivity contribution in [3.8, 4) is 0 Å². The fraction of sp³-hybridized carbons (Fsp3) is 0.250. The molecule has 3 aromatic carbocycles. The molecule has 3 aromatic rings. The van der Waals surface area contributed by atoms with Crippen LogP contribution < -0.4 is 5.32 Å². The van der Waals surface area contributed by atoms with Gasteiger partial charge in [-0.3, -0.25) is 9.59 Å². The van der Waals surface area contributed by atoms with Gasteiger partial charge in [0.1, 0.15) is 5.82 Å². The Kier molecular flexibility index (Phi) is 5.56. The van der Waals surface area contributed by atoms with Gasteiger partial charge >= 0.3 is 0 Å². The molecule has 1 aliphatic heterocycles. The lowest BCUT2D eigenvalue weighted by Gasteiger charge is -2.32. The van der Waals surface area contributed by atoms with Crippen LogP contribution in [0.1, 0.15) is 18.4 Å². The second-order valence-corrected chi connectivity index (χ2v) is 7.49. The number of rotatable bonds is 4. The highest BCUT2D eigenvalue weighted by Gasteiger charge is 2.28. The SMILES string of the molecule is O=C(Nc1ccc(F)cc1)[C@@H]1CCCN(C(=O)Cc2cccc3ccccc23)C1. The zero-order chi connectivity index (χ0) is 20.2. The fourth-order valence-electron chi connectivity index (χ4n) is 3.92. The number of hydrogen-bond acceptors (Lipinski definition) is 2. The number of nitrogens with one attached hydrogen (secondary N) is 1. The highest BCUT2D eigenvalue weighted by Crippen LogP contribution is 2.22. The molecule has 148 valence electrons. The summed E-state index contributed by atoms with van der Waals surface area (Å²) in [5.74, 6) is -0.684. The first kappa shape index (κ1) is 19.1. The topological polar surface area (TPSA) is 49.4 Å². The number of likely N-dealkylation sites (tertiary alicyclic amines) is 1. The molecule has 0 bridgehead atoms. The van der Waals surface area contributed by atoms with Gasteiger partial charge in [-0.25, -0.2) is 4.39 Å². The summed E-state index contributed by atoms with van der Waals surface area (Å²) in [6.45, 7) is 1.08. The van der Waals surface area contributed by atoms with Crippen LogP contribution in [0.5, 0.6) is 0 Å². The van der Waals surface area contributed by atoms with Crippen molar-refractivity contribution in [2.45, 2.75) is 19.3 Å². The molecule has 2 amide bonds. The lowest BCUT2D eigenvalue weighted by atomic mass is 9.95. The maximum absolute atomic E-state index is 13.0. The molecule has 1 saturated heterocycles. The zero-order valence-electron chi connectivity index (χ0n) is 16.1. The molecule has 4 rings (SSSR count). The Labute approximate surface area is 169 Å². The van der Waals surface area contributed by atoms with E-state index in [-0.39, 0.29) is 23.5 Å². The number of nitrogens with zero attached hydrogens (tertiary/aromatic N) is 1. The first-order valence-corrected chi connectivity index (χ1v) is 9.91. The maximum atomic E-state index is 13.0. The number of fused-ring (bicyclic) bond motifs is 1. The molecule has 1 N–H and O–H groups in total. The van der Waals surface area contributed by atoms with Crippen LogP contribution in [0, 0.1) is 11.7 Å². The molecule has 4 nitrogen and oxygen atoms in total. The molecular weight excluding hydrogens is 367 g/mol. The Bertz CT molecular complexity index is 1030. The van der Waals surface area contributed by atoms with E-state index in [0.717, 1.165) is 29.2 Å². The molecule has 1 heterocycles. The minimum absolute atomic E-state index is 0.0423. The first-order chi connectivity index (χ1) is 14.1. The molecule has 1 aliphatic rings. The third-order valence-electron chi connectivity index (χ3n) is 5.48. The van der Waals surface area contributed by atoms with Crippen LogP contribution in [-0.2, 0) is 16.0 Å². The summed E-state index contributed by atoms with van der Waals surface area (Å²) in [4.78, 5) is 27.3. The minimum atomic E-state index is -0.342. The van der Waals surface area contributed by atoms with Gasteiger partial charge in [0.15, 0.2) is 0 Å². The molecule has 0 unspecified atom stereocenters. The van der Waals surface area contributed by atoms with E-state index in [1.807, 2.05) is 42.5 Å². The van der Waals surface area contributed by atoms with Crippen LogP contribution in [-0.4, -0.2) is 29.8 Å². The standard InChI is InChI=1S/C24H23FN2O2/c25-20-10-12-21(13-11-20)26-24(29)19-8-4-14-27(16-19)23(28)15-18-7-3-6-17-5-1-2-9-22(17)18/h1-3,5-7,9-13,19H,4,8,14-16H2,(H,26,29)/t19-/m1/s1. The van der Waals surface area contributed by atoms with E-state index >= 15 is 0 Å². The van der Waals surface area contributed by atoms with E-state index in [4.69, 9.17) is 0 Å². The van der Waals surface area contributed by atoms with Gasteiger partial charge in [-0.15, -0.1) is 0 Å². The van der Waals surface area contributed by atoms with E-state index in [0.29, 0.717) is 25.2 Å². The molecule has 0 radical (unpaired) electrons. The van der Waals surface area contributed by atoms with Crippen molar-refractivity contribution < 1.29 is 14.0 Å². The minimum Gasteiger partial charge on any atom is -0.342 e. The molecule has 29 heavy (non-hydrogen) atoms. The van der Waals surface area contributed by atoms with Gasteiger partial charge in [-0.05, 0) is 53.4 Å². The number of amides is 2. The lowest BCUT2D eigenvalue weighted by molar-refractivity contribution is -0.133. The van der Waals surface area contributed by atoms with Crippen molar-refractivity contribution in [3.05, 3.63) is 78.1 Å². The maximum Gasteiger partial charge on any atom is 0.229 e. The van der Waals surface area contributed by atoms with Crippen molar-refractivity contribution in [3.63, 3.8) is 0 Å². The third kappa shape index (κ3) is 4.45. The van der Waals surface area contributed by atoms with Crippen molar-refractivity contribution >= 4 is 28.3 Å². The molecule has 0 aliphatic carbocycles. The van der Waals surface area contributed by atoms with Crippen molar-refractivity contribution in [2.75, 3.05) is 18.4 Å². The monoisotopic (exact) mass is 390 g/mol. The van der Waals surface area contributed by atoms with Crippen LogP contribution in [0.4, 0.5) is 10.1 Å². The molecule has 0 spiro atoms. The van der Waals surface area contributed by atoms with Crippen LogP contribution in [0.3, 0.4) is 0 Å². The summed E-state index contributed by atoms with van der Waals surface area (Å²) in [5, 5.41) is 5.04. The van der Waals surface area contributed by atoms with Crippen LogP contribution in [0.2, 0.25) is 0 Å². The third-order valence-corrected chi connectivity index (χ3v) is 5.48. The van der Waals surface area contributed by atoms with Gasteiger partial charge in [0.05, 0.1) is 12.3 Å². The van der Waals surface area contributed by atoms with Gasteiger partial charge in [0.25, 0.3) is 0 Å². The Hall–Kier alpha value is -3.21. The van der Waals surface area contributed by atoms with E-state index in [1.165, 1.54) is 12.1 Å². The van der Waals surface area contributed by atoms with Gasteiger partial charge in [0.2, 0.25) is 11.8 Å². The number of halogens is 1. The predicted octanol–water partition coefficient (Wildman–Crippen LogP) is 4.40.